The Morgan fingerprint density at radius 3 is 2.06 bits per heavy atom. The second-order valence-corrected chi connectivity index (χ2v) is 9.84. The first-order valence-corrected chi connectivity index (χ1v) is 12.5. The molecular weight excluding hydrogens is 426 g/mol. The SMILES string of the molecule is CCCN(Cc1ccccc1)C(=O)CCC(=O)N1CCN(S(=O)(=O)c2ccccc2)CC1. The monoisotopic (exact) mass is 457 g/mol. The molecule has 0 atom stereocenters. The molecule has 1 fully saturated rings. The second-order valence-electron chi connectivity index (χ2n) is 7.90. The Hall–Kier alpha value is -2.71. The molecule has 7 nitrogen and oxygen atoms in total. The molecule has 172 valence electrons. The lowest BCUT2D eigenvalue weighted by atomic mass is 10.2. The molecule has 0 radical (unpaired) electrons. The number of carbonyl (C=O) groups is 2. The third-order valence-corrected chi connectivity index (χ3v) is 7.50. The molecule has 0 N–H and O–H groups in total. The minimum atomic E-state index is -3.55. The highest BCUT2D eigenvalue weighted by Crippen LogP contribution is 2.18. The maximum absolute atomic E-state index is 12.7. The zero-order valence-electron chi connectivity index (χ0n) is 18.5. The lowest BCUT2D eigenvalue weighted by Gasteiger charge is -2.34. The van der Waals surface area contributed by atoms with Gasteiger partial charge in [-0.2, -0.15) is 4.31 Å². The normalized spacial score (nSPS) is 14.8. The van der Waals surface area contributed by atoms with E-state index in [1.807, 2.05) is 37.3 Å². The Morgan fingerprint density at radius 1 is 0.875 bits per heavy atom. The zero-order valence-corrected chi connectivity index (χ0v) is 19.3. The lowest BCUT2D eigenvalue weighted by Crippen LogP contribution is -2.50. The maximum atomic E-state index is 12.7. The van der Waals surface area contributed by atoms with Crippen LogP contribution < -0.4 is 0 Å². The zero-order chi connectivity index (χ0) is 23.0. The molecule has 1 aliphatic heterocycles. The van der Waals surface area contributed by atoms with E-state index in [1.165, 1.54) is 4.31 Å². The molecule has 0 unspecified atom stereocenters. The Bertz CT molecular complexity index is 988. The third kappa shape index (κ3) is 6.17. The predicted octanol–water partition coefficient (Wildman–Crippen LogP) is 2.74. The molecular formula is C24H31N3O4S. The van der Waals surface area contributed by atoms with Crippen LogP contribution in [0.1, 0.15) is 31.7 Å². The summed E-state index contributed by atoms with van der Waals surface area (Å²) in [7, 11) is -3.55. The van der Waals surface area contributed by atoms with Crippen LogP contribution >= 0.6 is 0 Å². The molecule has 0 aliphatic carbocycles. The van der Waals surface area contributed by atoms with Gasteiger partial charge in [0, 0.05) is 52.1 Å². The summed E-state index contributed by atoms with van der Waals surface area (Å²) in [5.74, 6) is -0.138. The third-order valence-electron chi connectivity index (χ3n) is 5.59. The second kappa shape index (κ2) is 11.2. The largest absolute Gasteiger partial charge is 0.340 e. The number of sulfonamides is 1. The van der Waals surface area contributed by atoms with Crippen molar-refractivity contribution >= 4 is 21.8 Å². The van der Waals surface area contributed by atoms with Gasteiger partial charge in [0.1, 0.15) is 0 Å². The van der Waals surface area contributed by atoms with Crippen molar-refractivity contribution in [3.05, 3.63) is 66.2 Å². The van der Waals surface area contributed by atoms with E-state index in [9.17, 15) is 18.0 Å². The van der Waals surface area contributed by atoms with Crippen LogP contribution in [-0.4, -0.2) is 67.1 Å². The average Bonchev–Trinajstić information content (AvgIpc) is 2.83. The van der Waals surface area contributed by atoms with Gasteiger partial charge in [0.15, 0.2) is 0 Å². The van der Waals surface area contributed by atoms with Gasteiger partial charge in [-0.3, -0.25) is 9.59 Å². The van der Waals surface area contributed by atoms with Gasteiger partial charge in [0.2, 0.25) is 21.8 Å². The number of amides is 2. The molecule has 1 saturated heterocycles. The number of rotatable bonds is 9. The van der Waals surface area contributed by atoms with Crippen LogP contribution in [-0.2, 0) is 26.2 Å². The first-order chi connectivity index (χ1) is 15.4. The van der Waals surface area contributed by atoms with Crippen LogP contribution in [0.5, 0.6) is 0 Å². The molecule has 2 amide bonds. The van der Waals surface area contributed by atoms with Crippen LogP contribution in [0.4, 0.5) is 0 Å². The van der Waals surface area contributed by atoms with Crippen LogP contribution in [0.3, 0.4) is 0 Å². The summed E-state index contributed by atoms with van der Waals surface area (Å²) in [6.45, 7) is 4.40. The van der Waals surface area contributed by atoms with E-state index in [2.05, 4.69) is 0 Å². The van der Waals surface area contributed by atoms with Gasteiger partial charge in [0.05, 0.1) is 4.90 Å². The minimum Gasteiger partial charge on any atom is -0.340 e. The maximum Gasteiger partial charge on any atom is 0.243 e. The smallest absolute Gasteiger partial charge is 0.243 e. The molecule has 2 aromatic rings. The predicted molar refractivity (Wildman–Crippen MR) is 123 cm³/mol. The van der Waals surface area contributed by atoms with Crippen LogP contribution in [0.25, 0.3) is 0 Å². The number of benzene rings is 2. The summed E-state index contributed by atoms with van der Waals surface area (Å²) in [5.41, 5.74) is 1.07. The van der Waals surface area contributed by atoms with Gasteiger partial charge < -0.3 is 9.80 Å². The van der Waals surface area contributed by atoms with Gasteiger partial charge in [-0.15, -0.1) is 0 Å². The average molecular weight is 458 g/mol. The number of hydrogen-bond acceptors (Lipinski definition) is 4. The molecule has 8 heteroatoms. The van der Waals surface area contributed by atoms with E-state index in [4.69, 9.17) is 0 Å². The van der Waals surface area contributed by atoms with Crippen molar-refractivity contribution in [1.29, 1.82) is 0 Å². The van der Waals surface area contributed by atoms with Crippen molar-refractivity contribution in [2.24, 2.45) is 0 Å². The summed E-state index contributed by atoms with van der Waals surface area (Å²) < 4.78 is 26.9. The van der Waals surface area contributed by atoms with Crippen molar-refractivity contribution in [1.82, 2.24) is 14.1 Å². The van der Waals surface area contributed by atoms with Crippen molar-refractivity contribution in [2.45, 2.75) is 37.6 Å². The summed E-state index contributed by atoms with van der Waals surface area (Å²) >= 11 is 0. The molecule has 1 heterocycles. The molecule has 0 saturated carbocycles. The fraction of sp³-hybridized carbons (Fsp3) is 0.417. The number of hydrogen-bond donors (Lipinski definition) is 0. The Kier molecular flexibility index (Phi) is 8.41. The van der Waals surface area contributed by atoms with Crippen molar-refractivity contribution < 1.29 is 18.0 Å². The molecule has 1 aliphatic rings. The summed E-state index contributed by atoms with van der Waals surface area (Å²) in [5, 5.41) is 0. The quantitative estimate of drug-likeness (QED) is 0.580. The van der Waals surface area contributed by atoms with Crippen molar-refractivity contribution in [3.63, 3.8) is 0 Å². The first kappa shape index (κ1) is 23.9. The van der Waals surface area contributed by atoms with Crippen LogP contribution in [0.2, 0.25) is 0 Å². The molecule has 2 aromatic carbocycles. The standard InChI is InChI=1S/C24H31N3O4S/c1-2-15-26(20-21-9-5-3-6-10-21)24(29)14-13-23(28)25-16-18-27(19-17-25)32(30,31)22-11-7-4-8-12-22/h3-12H,2,13-20H2,1H3. The highest BCUT2D eigenvalue weighted by Gasteiger charge is 2.30. The van der Waals surface area contributed by atoms with Gasteiger partial charge in [0.25, 0.3) is 0 Å². The fourth-order valence-electron chi connectivity index (χ4n) is 3.82. The highest BCUT2D eigenvalue weighted by molar-refractivity contribution is 7.89. The van der Waals surface area contributed by atoms with E-state index in [0.29, 0.717) is 26.2 Å². The molecule has 0 spiro atoms. The van der Waals surface area contributed by atoms with E-state index >= 15 is 0 Å². The minimum absolute atomic E-state index is 0.0330. The van der Waals surface area contributed by atoms with Gasteiger partial charge in [-0.05, 0) is 24.1 Å². The van der Waals surface area contributed by atoms with E-state index in [1.54, 1.807) is 40.1 Å². The van der Waals surface area contributed by atoms with Gasteiger partial charge in [-0.25, -0.2) is 8.42 Å². The summed E-state index contributed by atoms with van der Waals surface area (Å²) in [6.07, 6.45) is 1.15. The van der Waals surface area contributed by atoms with Crippen LogP contribution in [0, 0.1) is 0 Å². The summed E-state index contributed by atoms with van der Waals surface area (Å²) in [4.78, 5) is 29.1. The first-order valence-electron chi connectivity index (χ1n) is 11.1. The fourth-order valence-corrected chi connectivity index (χ4v) is 5.26. The molecule has 3 rings (SSSR count). The number of carbonyl (C=O) groups excluding carboxylic acids is 2. The Labute approximate surface area is 190 Å². The van der Waals surface area contributed by atoms with Crippen molar-refractivity contribution in [3.8, 4) is 0 Å². The van der Waals surface area contributed by atoms with Crippen molar-refractivity contribution in [2.75, 3.05) is 32.7 Å². The molecule has 0 aromatic heterocycles. The Morgan fingerprint density at radius 2 is 1.47 bits per heavy atom. The number of nitrogens with zero attached hydrogens (tertiary/aromatic N) is 3. The Balaban J connectivity index is 1.49. The molecule has 32 heavy (non-hydrogen) atoms. The lowest BCUT2D eigenvalue weighted by molar-refractivity contribution is -0.138. The molecule has 0 bridgehead atoms. The van der Waals surface area contributed by atoms with E-state index < -0.39 is 10.0 Å². The highest BCUT2D eigenvalue weighted by atomic mass is 32.2. The van der Waals surface area contributed by atoms with Gasteiger partial charge >= 0.3 is 0 Å². The summed E-state index contributed by atoms with van der Waals surface area (Å²) in [6, 6.07) is 18.2. The number of piperazine rings is 1. The van der Waals surface area contributed by atoms with Gasteiger partial charge in [-0.1, -0.05) is 55.5 Å². The topological polar surface area (TPSA) is 78.0 Å². The van der Waals surface area contributed by atoms with E-state index in [-0.39, 0.29) is 42.6 Å². The van der Waals surface area contributed by atoms with Crippen LogP contribution in [0.15, 0.2) is 65.6 Å². The van der Waals surface area contributed by atoms with E-state index in [0.717, 1.165) is 12.0 Å².